The van der Waals surface area contributed by atoms with E-state index in [1.165, 1.54) is 4.31 Å². The van der Waals surface area contributed by atoms with Gasteiger partial charge < -0.3 is 9.64 Å². The molecule has 1 amide bonds. The van der Waals surface area contributed by atoms with Crippen molar-refractivity contribution in [2.24, 2.45) is 5.92 Å². The van der Waals surface area contributed by atoms with Gasteiger partial charge in [0.1, 0.15) is 9.99 Å². The maximum atomic E-state index is 13.4. The number of carbonyl (C=O) groups is 2. The van der Waals surface area contributed by atoms with E-state index in [4.69, 9.17) is 4.74 Å². The van der Waals surface area contributed by atoms with Crippen LogP contribution in [0.1, 0.15) is 35.2 Å². The van der Waals surface area contributed by atoms with Gasteiger partial charge in [0.15, 0.2) is 0 Å². The normalized spacial score (nSPS) is 18.2. The first-order valence-corrected chi connectivity index (χ1v) is 15.9. The number of Topliss-reactive ketones (excluding diaryl/α,β-unsaturated/α-hetero) is 1. The van der Waals surface area contributed by atoms with Crippen LogP contribution in [0.3, 0.4) is 0 Å². The number of hydrogen-bond acceptors (Lipinski definition) is 6. The number of thiophene rings is 1. The number of nitrogens with zero attached hydrogens (tertiary/aromatic N) is 2. The molecule has 37 heavy (non-hydrogen) atoms. The van der Waals surface area contributed by atoms with Crippen LogP contribution in [-0.2, 0) is 26.0 Å². The van der Waals surface area contributed by atoms with E-state index >= 15 is 0 Å². The van der Waals surface area contributed by atoms with Crippen molar-refractivity contribution in [1.82, 2.24) is 4.31 Å². The summed E-state index contributed by atoms with van der Waals surface area (Å²) in [5.41, 5.74) is 2.39. The van der Waals surface area contributed by atoms with Gasteiger partial charge in [-0.3, -0.25) is 9.59 Å². The van der Waals surface area contributed by atoms with Gasteiger partial charge in [-0.1, -0.05) is 18.2 Å². The molecule has 7 nitrogen and oxygen atoms in total. The van der Waals surface area contributed by atoms with Gasteiger partial charge in [0.05, 0.1) is 9.47 Å². The highest BCUT2D eigenvalue weighted by molar-refractivity contribution is 9.13. The molecule has 11 heteroatoms. The SMILES string of the molecule is COCCCN1C(=O)c2cccc3c(CC(=O)C4CCCN(S(=O)(=O)c5cc(Br)c(Br)s5)C4)ccc1c23. The molecule has 0 N–H and O–H groups in total. The molecule has 5 rings (SSSR count). The largest absolute Gasteiger partial charge is 0.385 e. The Labute approximate surface area is 237 Å². The monoisotopic (exact) mass is 668 g/mol. The predicted octanol–water partition coefficient (Wildman–Crippen LogP) is 5.64. The summed E-state index contributed by atoms with van der Waals surface area (Å²) in [6, 6.07) is 11.1. The maximum Gasteiger partial charge on any atom is 0.258 e. The Balaban J connectivity index is 1.36. The first-order valence-electron chi connectivity index (χ1n) is 12.1. The maximum absolute atomic E-state index is 13.4. The number of hydrogen-bond donors (Lipinski definition) is 0. The van der Waals surface area contributed by atoms with Gasteiger partial charge in [-0.2, -0.15) is 4.31 Å². The number of ketones is 1. The van der Waals surface area contributed by atoms with Gasteiger partial charge in [-0.15, -0.1) is 11.3 Å². The van der Waals surface area contributed by atoms with E-state index in [1.807, 2.05) is 30.3 Å². The van der Waals surface area contributed by atoms with Crippen molar-refractivity contribution in [2.45, 2.75) is 29.9 Å². The number of anilines is 1. The third kappa shape index (κ3) is 5.06. The lowest BCUT2D eigenvalue weighted by atomic mass is 9.89. The molecule has 0 saturated carbocycles. The van der Waals surface area contributed by atoms with Crippen LogP contribution in [0.25, 0.3) is 10.8 Å². The fraction of sp³-hybridized carbons (Fsp3) is 0.385. The second-order valence-corrected chi connectivity index (χ2v) is 14.7. The zero-order chi connectivity index (χ0) is 26.3. The number of benzene rings is 2. The summed E-state index contributed by atoms with van der Waals surface area (Å²) in [4.78, 5) is 28.3. The molecular weight excluding hydrogens is 644 g/mol. The number of piperidine rings is 1. The van der Waals surface area contributed by atoms with Crippen molar-refractivity contribution in [3.05, 3.63) is 55.8 Å². The molecule has 2 aliphatic heterocycles. The summed E-state index contributed by atoms with van der Waals surface area (Å²) in [7, 11) is -2.03. The van der Waals surface area contributed by atoms with Gasteiger partial charge in [0.25, 0.3) is 15.9 Å². The van der Waals surface area contributed by atoms with E-state index < -0.39 is 10.0 Å². The van der Waals surface area contributed by atoms with E-state index in [0.717, 1.165) is 43.6 Å². The van der Waals surface area contributed by atoms with Crippen LogP contribution in [0.2, 0.25) is 0 Å². The average Bonchev–Trinajstić information content (AvgIpc) is 3.38. The van der Waals surface area contributed by atoms with E-state index in [9.17, 15) is 18.0 Å². The van der Waals surface area contributed by atoms with Crippen LogP contribution in [0.4, 0.5) is 5.69 Å². The molecule has 0 radical (unpaired) electrons. The van der Waals surface area contributed by atoms with Crippen LogP contribution in [0.5, 0.6) is 0 Å². The summed E-state index contributed by atoms with van der Waals surface area (Å²) in [6.07, 6.45) is 2.24. The molecule has 2 aliphatic rings. The first-order chi connectivity index (χ1) is 17.7. The van der Waals surface area contributed by atoms with Gasteiger partial charge in [-0.05, 0) is 80.3 Å². The summed E-state index contributed by atoms with van der Waals surface area (Å²) >= 11 is 7.89. The van der Waals surface area contributed by atoms with E-state index in [1.54, 1.807) is 18.1 Å². The molecule has 0 spiro atoms. The second-order valence-electron chi connectivity index (χ2n) is 9.31. The van der Waals surface area contributed by atoms with Gasteiger partial charge in [0.2, 0.25) is 0 Å². The first kappa shape index (κ1) is 27.0. The number of halogens is 2. The van der Waals surface area contributed by atoms with Gasteiger partial charge >= 0.3 is 0 Å². The van der Waals surface area contributed by atoms with Crippen molar-refractivity contribution < 1.29 is 22.7 Å². The standard InChI is InChI=1S/C26H26Br2N2O5S2/c1-35-12-4-11-30-21-9-8-16(18-6-2-7-19(24(18)21)26(30)32)13-22(31)17-5-3-10-29(15-17)37(33,34)23-14-20(27)25(28)36-23/h2,6-9,14,17H,3-5,10-13,15H2,1H3. The second kappa shape index (κ2) is 10.9. The lowest BCUT2D eigenvalue weighted by Crippen LogP contribution is -2.42. The predicted molar refractivity (Wildman–Crippen MR) is 152 cm³/mol. The lowest BCUT2D eigenvalue weighted by molar-refractivity contribution is -0.123. The Kier molecular flexibility index (Phi) is 7.91. The number of amides is 1. The average molecular weight is 670 g/mol. The third-order valence-corrected chi connectivity index (χ3v) is 12.6. The minimum atomic E-state index is -3.67. The van der Waals surface area contributed by atoms with Crippen LogP contribution in [0.15, 0.2) is 48.9 Å². The Morgan fingerprint density at radius 1 is 1.22 bits per heavy atom. The van der Waals surface area contributed by atoms with Crippen LogP contribution in [-0.4, -0.2) is 57.8 Å². The fourth-order valence-electron chi connectivity index (χ4n) is 5.19. The number of methoxy groups -OCH3 is 1. The Bertz CT molecular complexity index is 1470. The van der Waals surface area contributed by atoms with Crippen molar-refractivity contribution in [2.75, 3.05) is 38.3 Å². The summed E-state index contributed by atoms with van der Waals surface area (Å²) in [5.74, 6) is -0.374. The Morgan fingerprint density at radius 3 is 2.76 bits per heavy atom. The Hall–Kier alpha value is -1.63. The highest BCUT2D eigenvalue weighted by Crippen LogP contribution is 2.40. The molecule has 1 atom stereocenters. The van der Waals surface area contributed by atoms with Crippen molar-refractivity contribution in [3.8, 4) is 0 Å². The highest BCUT2D eigenvalue weighted by atomic mass is 79.9. The van der Waals surface area contributed by atoms with Crippen molar-refractivity contribution >= 4 is 81.4 Å². The fourth-order valence-corrected chi connectivity index (χ4v) is 9.68. The Morgan fingerprint density at radius 2 is 2.03 bits per heavy atom. The quantitative estimate of drug-likeness (QED) is 0.276. The highest BCUT2D eigenvalue weighted by Gasteiger charge is 2.35. The number of sulfonamides is 1. The molecule has 1 saturated heterocycles. The number of carbonyl (C=O) groups excluding carboxylic acids is 2. The molecule has 3 heterocycles. The zero-order valence-corrected chi connectivity index (χ0v) is 25.0. The lowest BCUT2D eigenvalue weighted by Gasteiger charge is -2.31. The molecule has 3 aromatic rings. The van der Waals surface area contributed by atoms with Gasteiger partial charge in [0, 0.05) is 61.1 Å². The summed E-state index contributed by atoms with van der Waals surface area (Å²) < 4.78 is 34.7. The molecule has 1 unspecified atom stereocenters. The summed E-state index contributed by atoms with van der Waals surface area (Å²) in [5, 5.41) is 1.79. The third-order valence-electron chi connectivity index (χ3n) is 7.03. The topological polar surface area (TPSA) is 84.0 Å². The van der Waals surface area contributed by atoms with Crippen LogP contribution in [0, 0.1) is 5.92 Å². The van der Waals surface area contributed by atoms with Gasteiger partial charge in [-0.25, -0.2) is 8.42 Å². The van der Waals surface area contributed by atoms with Crippen molar-refractivity contribution in [1.29, 1.82) is 0 Å². The number of rotatable bonds is 9. The molecule has 0 bridgehead atoms. The minimum Gasteiger partial charge on any atom is -0.385 e. The van der Waals surface area contributed by atoms with E-state index in [2.05, 4.69) is 31.9 Å². The smallest absolute Gasteiger partial charge is 0.258 e. The minimum absolute atomic E-state index is 0.0235. The molecule has 196 valence electrons. The van der Waals surface area contributed by atoms with E-state index in [-0.39, 0.29) is 34.8 Å². The van der Waals surface area contributed by atoms with Crippen LogP contribution >= 0.6 is 43.2 Å². The number of ether oxygens (including phenoxy) is 1. The molecule has 0 aliphatic carbocycles. The molecule has 1 fully saturated rings. The molecular formula is C26H26Br2N2O5S2. The molecule has 1 aromatic heterocycles. The van der Waals surface area contributed by atoms with E-state index in [0.29, 0.717) is 42.6 Å². The van der Waals surface area contributed by atoms with Crippen molar-refractivity contribution in [3.63, 3.8) is 0 Å². The zero-order valence-electron chi connectivity index (χ0n) is 20.2. The summed E-state index contributed by atoms with van der Waals surface area (Å²) in [6.45, 7) is 1.73. The van der Waals surface area contributed by atoms with Crippen LogP contribution < -0.4 is 4.90 Å². The molecule has 2 aromatic carbocycles.